The first-order chi connectivity index (χ1) is 7.79. The van der Waals surface area contributed by atoms with Crippen molar-refractivity contribution in [1.82, 2.24) is 0 Å². The molecule has 1 heterocycles. The van der Waals surface area contributed by atoms with Crippen LogP contribution in [0.5, 0.6) is 0 Å². The van der Waals surface area contributed by atoms with Crippen LogP contribution in [0.4, 0.5) is 0 Å². The molecule has 1 aliphatic heterocycles. The van der Waals surface area contributed by atoms with Gasteiger partial charge >= 0.3 is 5.97 Å². The smallest absolute Gasteiger partial charge is 0.335 e. The third-order valence-corrected chi connectivity index (χ3v) is 2.77. The molecule has 1 fully saturated rings. The van der Waals surface area contributed by atoms with Gasteiger partial charge < -0.3 is 9.47 Å². The quantitative estimate of drug-likeness (QED) is 0.730. The normalized spacial score (nSPS) is 24.4. The van der Waals surface area contributed by atoms with Crippen molar-refractivity contribution in [2.45, 2.75) is 38.6 Å². The van der Waals surface area contributed by atoms with Gasteiger partial charge in [0, 0.05) is 6.42 Å². The minimum atomic E-state index is -0.384. The monoisotopic (exact) mass is 220 g/mol. The molecule has 3 nitrogen and oxygen atoms in total. The Kier molecular flexibility index (Phi) is 3.57. The average molecular weight is 220 g/mol. The van der Waals surface area contributed by atoms with Crippen LogP contribution in [0.2, 0.25) is 0 Å². The molecule has 0 N–H and O–H groups in total. The van der Waals surface area contributed by atoms with Crippen molar-refractivity contribution in [3.05, 3.63) is 35.9 Å². The van der Waals surface area contributed by atoms with Gasteiger partial charge in [0.15, 0.2) is 6.10 Å². The summed E-state index contributed by atoms with van der Waals surface area (Å²) in [5.41, 5.74) is 1.08. The van der Waals surface area contributed by atoms with E-state index in [4.69, 9.17) is 9.47 Å². The zero-order valence-electron chi connectivity index (χ0n) is 9.39. The molecule has 3 heteroatoms. The highest BCUT2D eigenvalue weighted by Crippen LogP contribution is 2.21. The maximum Gasteiger partial charge on any atom is 0.335 e. The van der Waals surface area contributed by atoms with Gasteiger partial charge in [-0.15, -0.1) is 0 Å². The predicted molar refractivity (Wildman–Crippen MR) is 59.8 cm³/mol. The van der Waals surface area contributed by atoms with E-state index >= 15 is 0 Å². The molecular weight excluding hydrogens is 204 g/mol. The van der Waals surface area contributed by atoms with E-state index in [1.54, 1.807) is 0 Å². The van der Waals surface area contributed by atoms with Crippen LogP contribution >= 0.6 is 0 Å². The second-order valence-electron chi connectivity index (χ2n) is 3.99. The van der Waals surface area contributed by atoms with Gasteiger partial charge in [-0.1, -0.05) is 37.3 Å². The molecule has 0 aliphatic carbocycles. The van der Waals surface area contributed by atoms with E-state index in [-0.39, 0.29) is 18.2 Å². The van der Waals surface area contributed by atoms with Crippen LogP contribution in [0.15, 0.2) is 30.3 Å². The Labute approximate surface area is 95.4 Å². The molecule has 2 rings (SSSR count). The molecule has 0 bridgehead atoms. The molecule has 0 amide bonds. The lowest BCUT2D eigenvalue weighted by Gasteiger charge is -2.07. The molecule has 16 heavy (non-hydrogen) atoms. The summed E-state index contributed by atoms with van der Waals surface area (Å²) in [6, 6.07) is 9.84. The van der Waals surface area contributed by atoms with E-state index in [9.17, 15) is 4.79 Å². The minimum Gasteiger partial charge on any atom is -0.460 e. The Morgan fingerprint density at radius 2 is 2.12 bits per heavy atom. The average Bonchev–Trinajstić information content (AvgIpc) is 2.69. The molecule has 1 saturated heterocycles. The number of carbonyl (C=O) groups excluding carboxylic acids is 1. The van der Waals surface area contributed by atoms with Crippen molar-refractivity contribution in [2.24, 2.45) is 0 Å². The molecule has 0 radical (unpaired) electrons. The number of ether oxygens (including phenoxy) is 2. The van der Waals surface area contributed by atoms with Gasteiger partial charge in [-0.3, -0.25) is 0 Å². The van der Waals surface area contributed by atoms with E-state index < -0.39 is 0 Å². The molecule has 1 aliphatic rings. The standard InChI is InChI=1S/C13H16O3/c1-2-11-8-12(13(14)16-11)15-9-10-6-4-3-5-7-10/h3-7,11-12H,2,8-9H2,1H3/t11-,12+/m0/s1. The third-order valence-electron chi connectivity index (χ3n) is 2.77. The maximum atomic E-state index is 11.4. The second-order valence-corrected chi connectivity index (χ2v) is 3.99. The number of rotatable bonds is 4. The Hall–Kier alpha value is -1.35. The zero-order valence-corrected chi connectivity index (χ0v) is 9.39. The number of hydrogen-bond acceptors (Lipinski definition) is 3. The third kappa shape index (κ3) is 2.61. The van der Waals surface area contributed by atoms with E-state index in [1.165, 1.54) is 0 Å². The number of benzene rings is 1. The summed E-state index contributed by atoms with van der Waals surface area (Å²) in [5, 5.41) is 0. The minimum absolute atomic E-state index is 0.0354. The Morgan fingerprint density at radius 3 is 2.75 bits per heavy atom. The van der Waals surface area contributed by atoms with Crippen molar-refractivity contribution >= 4 is 5.97 Å². The van der Waals surface area contributed by atoms with E-state index in [1.807, 2.05) is 37.3 Å². The summed E-state index contributed by atoms with van der Waals surface area (Å²) in [5.74, 6) is -0.220. The molecular formula is C13H16O3. The van der Waals surface area contributed by atoms with Crippen molar-refractivity contribution in [1.29, 1.82) is 0 Å². The number of hydrogen-bond donors (Lipinski definition) is 0. The predicted octanol–water partition coefficient (Wildman–Crippen LogP) is 2.30. The van der Waals surface area contributed by atoms with Crippen LogP contribution in [0.3, 0.4) is 0 Å². The van der Waals surface area contributed by atoms with E-state index in [0.717, 1.165) is 12.0 Å². The number of carbonyl (C=O) groups is 1. The SMILES string of the molecule is CC[C@H]1C[C@@H](OCc2ccccc2)C(=O)O1. The van der Waals surface area contributed by atoms with Crippen LogP contribution in [-0.4, -0.2) is 18.2 Å². The summed E-state index contributed by atoms with van der Waals surface area (Å²) >= 11 is 0. The van der Waals surface area contributed by atoms with Crippen molar-refractivity contribution < 1.29 is 14.3 Å². The molecule has 0 saturated carbocycles. The highest BCUT2D eigenvalue weighted by Gasteiger charge is 2.33. The Morgan fingerprint density at radius 1 is 1.38 bits per heavy atom. The van der Waals surface area contributed by atoms with Gasteiger partial charge in [0.2, 0.25) is 0 Å². The molecule has 0 unspecified atom stereocenters. The molecule has 0 spiro atoms. The fourth-order valence-electron chi connectivity index (χ4n) is 1.78. The molecule has 1 aromatic rings. The van der Waals surface area contributed by atoms with Crippen molar-refractivity contribution in [3.8, 4) is 0 Å². The van der Waals surface area contributed by atoms with E-state index in [2.05, 4.69) is 0 Å². The topological polar surface area (TPSA) is 35.5 Å². The fraction of sp³-hybridized carbons (Fsp3) is 0.462. The van der Waals surface area contributed by atoms with Crippen molar-refractivity contribution in [2.75, 3.05) is 0 Å². The zero-order chi connectivity index (χ0) is 11.4. The van der Waals surface area contributed by atoms with Crippen LogP contribution < -0.4 is 0 Å². The summed E-state index contributed by atoms with van der Waals surface area (Å²) in [6.45, 7) is 2.48. The number of esters is 1. The van der Waals surface area contributed by atoms with Crippen LogP contribution in [0.25, 0.3) is 0 Å². The maximum absolute atomic E-state index is 11.4. The fourth-order valence-corrected chi connectivity index (χ4v) is 1.78. The van der Waals surface area contributed by atoms with Crippen LogP contribution in [0.1, 0.15) is 25.3 Å². The number of cyclic esters (lactones) is 1. The first-order valence-corrected chi connectivity index (χ1v) is 5.65. The first-order valence-electron chi connectivity index (χ1n) is 5.65. The molecule has 1 aromatic carbocycles. The lowest BCUT2D eigenvalue weighted by molar-refractivity contribution is -0.150. The second kappa shape index (κ2) is 5.12. The molecule has 0 aromatic heterocycles. The highest BCUT2D eigenvalue weighted by atomic mass is 16.6. The lowest BCUT2D eigenvalue weighted by Crippen LogP contribution is -2.18. The summed E-state index contributed by atoms with van der Waals surface area (Å²) in [4.78, 5) is 11.4. The van der Waals surface area contributed by atoms with Gasteiger partial charge in [0.05, 0.1) is 6.61 Å². The van der Waals surface area contributed by atoms with Crippen LogP contribution in [-0.2, 0) is 20.9 Å². The van der Waals surface area contributed by atoms with Crippen molar-refractivity contribution in [3.63, 3.8) is 0 Å². The summed E-state index contributed by atoms with van der Waals surface area (Å²) < 4.78 is 10.7. The molecule has 86 valence electrons. The Bertz CT molecular complexity index is 347. The lowest BCUT2D eigenvalue weighted by atomic mass is 10.1. The summed E-state index contributed by atoms with van der Waals surface area (Å²) in [6.07, 6.45) is 1.19. The van der Waals surface area contributed by atoms with Gasteiger partial charge in [-0.25, -0.2) is 4.79 Å². The van der Waals surface area contributed by atoms with Gasteiger partial charge in [-0.05, 0) is 12.0 Å². The van der Waals surface area contributed by atoms with Gasteiger partial charge in [0.1, 0.15) is 6.10 Å². The highest BCUT2D eigenvalue weighted by molar-refractivity contribution is 5.76. The summed E-state index contributed by atoms with van der Waals surface area (Å²) in [7, 11) is 0. The largest absolute Gasteiger partial charge is 0.460 e. The Balaban J connectivity index is 1.85. The van der Waals surface area contributed by atoms with Crippen LogP contribution in [0, 0.1) is 0 Å². The molecule has 2 atom stereocenters. The van der Waals surface area contributed by atoms with Gasteiger partial charge in [-0.2, -0.15) is 0 Å². The van der Waals surface area contributed by atoms with E-state index in [0.29, 0.717) is 13.0 Å². The first kappa shape index (κ1) is 11.1. The van der Waals surface area contributed by atoms with Gasteiger partial charge in [0.25, 0.3) is 0 Å².